The first kappa shape index (κ1) is 16.9. The van der Waals surface area contributed by atoms with Crippen LogP contribution in [0.1, 0.15) is 35.4 Å². The summed E-state index contributed by atoms with van der Waals surface area (Å²) in [6.07, 6.45) is 2.41. The summed E-state index contributed by atoms with van der Waals surface area (Å²) in [4.78, 5) is 42.0. The molecule has 0 spiro atoms. The van der Waals surface area contributed by atoms with Gasteiger partial charge in [0.05, 0.1) is 5.56 Å². The zero-order valence-electron chi connectivity index (χ0n) is 14.4. The van der Waals surface area contributed by atoms with Gasteiger partial charge in [-0.05, 0) is 38.0 Å². The molecule has 0 bridgehead atoms. The third-order valence-electron chi connectivity index (χ3n) is 4.51. The smallest absolute Gasteiger partial charge is 0.269 e. The summed E-state index contributed by atoms with van der Waals surface area (Å²) in [6.45, 7) is 1.68. The minimum Gasteiger partial charge on any atom is -0.504 e. The zero-order chi connectivity index (χ0) is 19.1. The molecule has 1 N–H and O–H groups in total. The number of carbonyl (C=O) groups is 2. The molecule has 4 rings (SSSR count). The molecular weight excluding hydrogens is 350 g/mol. The van der Waals surface area contributed by atoms with Gasteiger partial charge in [0.2, 0.25) is 0 Å². The fraction of sp³-hybridized carbons (Fsp3) is 0.211. The highest BCUT2D eigenvalue weighted by molar-refractivity contribution is 6.14. The second kappa shape index (κ2) is 6.31. The molecule has 8 nitrogen and oxygen atoms in total. The highest BCUT2D eigenvalue weighted by Crippen LogP contribution is 2.24. The van der Waals surface area contributed by atoms with Crippen LogP contribution in [0.15, 0.2) is 51.1 Å². The first-order chi connectivity index (χ1) is 13.0. The van der Waals surface area contributed by atoms with Crippen molar-refractivity contribution in [3.63, 3.8) is 0 Å². The van der Waals surface area contributed by atoms with Crippen LogP contribution in [0.25, 0.3) is 16.9 Å². The van der Waals surface area contributed by atoms with Gasteiger partial charge in [0.1, 0.15) is 11.4 Å². The summed E-state index contributed by atoms with van der Waals surface area (Å²) < 4.78 is 6.25. The maximum absolute atomic E-state index is 13.1. The van der Waals surface area contributed by atoms with E-state index in [0.29, 0.717) is 23.2 Å². The average Bonchev–Trinajstić information content (AvgIpc) is 3.08. The molecule has 3 aromatic rings. The number of hydrogen-bond acceptors (Lipinski definition) is 7. The number of aryl methyl sites for hydroxylation is 1. The van der Waals surface area contributed by atoms with E-state index in [1.807, 2.05) is 0 Å². The van der Waals surface area contributed by atoms with Gasteiger partial charge in [-0.1, -0.05) is 5.16 Å². The Morgan fingerprint density at radius 3 is 2.81 bits per heavy atom. The Kier molecular flexibility index (Phi) is 3.95. The molecule has 136 valence electrons. The van der Waals surface area contributed by atoms with Gasteiger partial charge in [-0.25, -0.2) is 9.55 Å². The minimum absolute atomic E-state index is 0.0329. The molecule has 8 heteroatoms. The summed E-state index contributed by atoms with van der Waals surface area (Å²) in [5.74, 6) is -1.00. The molecule has 0 unspecified atom stereocenters. The number of aliphatic hydroxyl groups is 1. The van der Waals surface area contributed by atoms with Gasteiger partial charge >= 0.3 is 0 Å². The number of pyridine rings is 2. The standard InChI is InChI=1S/C19H15N3O5/c1-10-8-15(21-27-10)22-18-11(4-3-7-20-18)9-13(19(22)26)16(24)12-5-2-6-14(23)17(12)25/h3-4,7-9,25H,2,5-6H2,1H3. The minimum atomic E-state index is -0.662. The zero-order valence-corrected chi connectivity index (χ0v) is 14.4. The van der Waals surface area contributed by atoms with Gasteiger partial charge < -0.3 is 9.63 Å². The molecule has 0 radical (unpaired) electrons. The Bertz CT molecular complexity index is 1190. The van der Waals surface area contributed by atoms with Gasteiger partial charge in [-0.3, -0.25) is 14.4 Å². The number of hydrogen-bond donors (Lipinski definition) is 1. The van der Waals surface area contributed by atoms with Gasteiger partial charge in [0, 0.05) is 29.6 Å². The lowest BCUT2D eigenvalue weighted by Gasteiger charge is -2.15. The lowest BCUT2D eigenvalue weighted by atomic mass is 9.91. The van der Waals surface area contributed by atoms with Gasteiger partial charge in [0.15, 0.2) is 23.1 Å². The SMILES string of the molecule is Cc1cc(-n2c(=O)c(C(=O)C3=C(O)C(=O)CCC3)cc3cccnc32)no1. The van der Waals surface area contributed by atoms with Crippen molar-refractivity contribution in [3.8, 4) is 5.82 Å². The van der Waals surface area contributed by atoms with Gasteiger partial charge in [-0.15, -0.1) is 0 Å². The third kappa shape index (κ3) is 2.75. The number of Topliss-reactive ketones (excluding diaryl/α,β-unsaturated/α-hetero) is 2. The maximum atomic E-state index is 13.1. The molecule has 0 aliphatic heterocycles. The van der Waals surface area contributed by atoms with Crippen molar-refractivity contribution in [3.05, 3.63) is 63.5 Å². The van der Waals surface area contributed by atoms with Crippen LogP contribution in [0.3, 0.4) is 0 Å². The maximum Gasteiger partial charge on any atom is 0.269 e. The van der Waals surface area contributed by atoms with Crippen molar-refractivity contribution in [1.82, 2.24) is 14.7 Å². The quantitative estimate of drug-likeness (QED) is 0.709. The largest absolute Gasteiger partial charge is 0.504 e. The number of aliphatic hydroxyl groups excluding tert-OH is 1. The van der Waals surface area contributed by atoms with Crippen LogP contribution in [0.4, 0.5) is 0 Å². The second-order valence-corrected chi connectivity index (χ2v) is 6.34. The van der Waals surface area contributed by atoms with Gasteiger partial charge in [-0.2, -0.15) is 0 Å². The number of carbonyl (C=O) groups excluding carboxylic acids is 2. The van der Waals surface area contributed by atoms with Crippen molar-refractivity contribution in [2.75, 3.05) is 0 Å². The molecule has 0 fully saturated rings. The van der Waals surface area contributed by atoms with Crippen molar-refractivity contribution in [2.45, 2.75) is 26.2 Å². The Hall–Kier alpha value is -3.55. The predicted molar refractivity (Wildman–Crippen MR) is 95.0 cm³/mol. The molecule has 27 heavy (non-hydrogen) atoms. The van der Waals surface area contributed by atoms with E-state index >= 15 is 0 Å². The molecule has 0 saturated heterocycles. The molecular formula is C19H15N3O5. The number of nitrogens with zero attached hydrogens (tertiary/aromatic N) is 3. The molecule has 0 saturated carbocycles. The van der Waals surface area contributed by atoms with Crippen LogP contribution in [0.5, 0.6) is 0 Å². The van der Waals surface area contributed by atoms with Crippen molar-refractivity contribution in [1.29, 1.82) is 0 Å². The van der Waals surface area contributed by atoms with E-state index in [4.69, 9.17) is 4.52 Å². The Morgan fingerprint density at radius 2 is 2.07 bits per heavy atom. The van der Waals surface area contributed by atoms with Crippen molar-refractivity contribution in [2.24, 2.45) is 0 Å². The van der Waals surface area contributed by atoms with Crippen LogP contribution < -0.4 is 5.56 Å². The summed E-state index contributed by atoms with van der Waals surface area (Å²) in [7, 11) is 0. The van der Waals surface area contributed by atoms with E-state index in [0.717, 1.165) is 0 Å². The topological polar surface area (TPSA) is 115 Å². The summed E-state index contributed by atoms with van der Waals surface area (Å²) in [6, 6.07) is 6.38. The first-order valence-corrected chi connectivity index (χ1v) is 8.42. The molecule has 1 aliphatic rings. The van der Waals surface area contributed by atoms with Crippen LogP contribution in [-0.4, -0.2) is 31.4 Å². The highest BCUT2D eigenvalue weighted by Gasteiger charge is 2.28. The van der Waals surface area contributed by atoms with E-state index < -0.39 is 22.9 Å². The fourth-order valence-electron chi connectivity index (χ4n) is 3.19. The third-order valence-corrected chi connectivity index (χ3v) is 4.51. The van der Waals surface area contributed by atoms with E-state index in [-0.39, 0.29) is 29.8 Å². The monoisotopic (exact) mass is 365 g/mol. The van der Waals surface area contributed by atoms with Crippen LogP contribution in [0.2, 0.25) is 0 Å². The van der Waals surface area contributed by atoms with Crippen LogP contribution in [0, 0.1) is 6.92 Å². The fourth-order valence-corrected chi connectivity index (χ4v) is 3.19. The molecule has 0 aromatic carbocycles. The Labute approximate surface area is 152 Å². The van der Waals surface area contributed by atoms with E-state index in [9.17, 15) is 19.5 Å². The lowest BCUT2D eigenvalue weighted by molar-refractivity contribution is -0.118. The van der Waals surface area contributed by atoms with Crippen molar-refractivity contribution < 1.29 is 19.2 Å². The summed E-state index contributed by atoms with van der Waals surface area (Å²) >= 11 is 0. The van der Waals surface area contributed by atoms with E-state index in [1.165, 1.54) is 16.8 Å². The summed E-state index contributed by atoms with van der Waals surface area (Å²) in [5.41, 5.74) is -0.509. The molecule has 0 atom stereocenters. The van der Waals surface area contributed by atoms with Crippen molar-refractivity contribution >= 4 is 22.6 Å². The van der Waals surface area contributed by atoms with Crippen LogP contribution >= 0.6 is 0 Å². The Balaban J connectivity index is 1.99. The first-order valence-electron chi connectivity index (χ1n) is 8.42. The Morgan fingerprint density at radius 1 is 1.26 bits per heavy atom. The van der Waals surface area contributed by atoms with E-state index in [1.54, 1.807) is 25.1 Å². The number of allylic oxidation sites excluding steroid dienone is 2. The number of fused-ring (bicyclic) bond motifs is 1. The van der Waals surface area contributed by atoms with Gasteiger partial charge in [0.25, 0.3) is 5.56 Å². The predicted octanol–water partition coefficient (Wildman–Crippen LogP) is 2.43. The molecule has 0 amide bonds. The highest BCUT2D eigenvalue weighted by atomic mass is 16.5. The molecule has 3 aromatic heterocycles. The van der Waals surface area contributed by atoms with E-state index in [2.05, 4.69) is 10.1 Å². The number of aromatic nitrogens is 3. The normalized spacial score (nSPS) is 14.8. The summed E-state index contributed by atoms with van der Waals surface area (Å²) in [5, 5.41) is 14.4. The lowest BCUT2D eigenvalue weighted by Crippen LogP contribution is -2.28. The number of rotatable bonds is 3. The van der Waals surface area contributed by atoms with Crippen LogP contribution in [-0.2, 0) is 4.79 Å². The number of ketones is 2. The molecule has 1 aliphatic carbocycles. The average molecular weight is 365 g/mol. The molecule has 3 heterocycles. The second-order valence-electron chi connectivity index (χ2n) is 6.34.